The molecule has 0 fully saturated rings. The minimum Gasteiger partial charge on any atom is -0.451 e. The number of fused-ring (bicyclic) bond motifs is 1. The lowest BCUT2D eigenvalue weighted by molar-refractivity contribution is 0.0640. The topological polar surface area (TPSA) is 71.7 Å². The minimum atomic E-state index is -0.312. The molecule has 1 atom stereocenters. The van der Waals surface area contributed by atoms with Crippen molar-refractivity contribution >= 4 is 16.9 Å². The Balaban J connectivity index is 2.28. The summed E-state index contributed by atoms with van der Waals surface area (Å²) in [6.07, 6.45) is 0.765. The van der Waals surface area contributed by atoms with Crippen LogP contribution < -0.4 is 5.32 Å². The lowest BCUT2D eigenvalue weighted by Gasteiger charge is -2.18. The van der Waals surface area contributed by atoms with Crippen LogP contribution in [0.15, 0.2) is 28.7 Å². The smallest absolute Gasteiger partial charge is 0.287 e. The number of carbonyl (C=O) groups excluding carboxylic acids is 1. The van der Waals surface area contributed by atoms with E-state index in [1.54, 1.807) is 0 Å². The molecule has 2 rings (SSSR count). The fourth-order valence-corrected chi connectivity index (χ4v) is 2.67. The summed E-state index contributed by atoms with van der Waals surface area (Å²) in [4.78, 5) is 12.7. The Bertz CT molecular complexity index is 675. The predicted octanol–water partition coefficient (Wildman–Crippen LogP) is 3.49. The molecule has 5 nitrogen and oxygen atoms in total. The summed E-state index contributed by atoms with van der Waals surface area (Å²) in [7, 11) is 0. The SMILES string of the molecule is CC(C)CC(CO)NC(=O)c1oc2ccccc2c1COC(C)C. The Morgan fingerprint density at radius 1 is 1.25 bits per heavy atom. The third-order valence-electron chi connectivity index (χ3n) is 3.78. The molecular formula is C19H27NO4. The molecule has 132 valence electrons. The first-order chi connectivity index (χ1) is 11.4. The maximum absolute atomic E-state index is 12.7. The Morgan fingerprint density at radius 3 is 2.58 bits per heavy atom. The second kappa shape index (κ2) is 8.31. The van der Waals surface area contributed by atoms with Gasteiger partial charge in [0.05, 0.1) is 25.4 Å². The molecule has 1 aromatic carbocycles. The third-order valence-corrected chi connectivity index (χ3v) is 3.78. The number of ether oxygens (including phenoxy) is 1. The van der Waals surface area contributed by atoms with Crippen LogP contribution in [0.2, 0.25) is 0 Å². The van der Waals surface area contributed by atoms with Crippen LogP contribution in [0, 0.1) is 5.92 Å². The second-order valence-corrected chi connectivity index (χ2v) is 6.75. The predicted molar refractivity (Wildman–Crippen MR) is 93.9 cm³/mol. The molecule has 0 saturated carbocycles. The van der Waals surface area contributed by atoms with Gasteiger partial charge in [0.25, 0.3) is 5.91 Å². The average molecular weight is 333 g/mol. The zero-order valence-electron chi connectivity index (χ0n) is 14.8. The van der Waals surface area contributed by atoms with Crippen molar-refractivity contribution in [2.24, 2.45) is 5.92 Å². The number of rotatable bonds is 8. The van der Waals surface area contributed by atoms with Gasteiger partial charge in [-0.15, -0.1) is 0 Å². The standard InChI is InChI=1S/C19H27NO4/c1-12(2)9-14(10-21)20-19(22)18-16(11-23-13(3)4)15-7-5-6-8-17(15)24-18/h5-8,12-14,21H,9-11H2,1-4H3,(H,20,22). The number of para-hydroxylation sites is 1. The molecule has 24 heavy (non-hydrogen) atoms. The first kappa shape index (κ1) is 18.5. The quantitative estimate of drug-likeness (QED) is 0.775. The Labute approximate surface area is 143 Å². The number of hydrogen-bond donors (Lipinski definition) is 2. The van der Waals surface area contributed by atoms with Crippen LogP contribution in [0.3, 0.4) is 0 Å². The van der Waals surface area contributed by atoms with Crippen LogP contribution in [0.1, 0.15) is 50.2 Å². The highest BCUT2D eigenvalue weighted by Gasteiger charge is 2.23. The summed E-state index contributed by atoms with van der Waals surface area (Å²) in [6.45, 7) is 8.22. The molecule has 5 heteroatoms. The molecule has 0 radical (unpaired) electrons. The van der Waals surface area contributed by atoms with Gasteiger partial charge >= 0.3 is 0 Å². The minimum absolute atomic E-state index is 0.0562. The van der Waals surface area contributed by atoms with Gasteiger partial charge in [-0.3, -0.25) is 4.79 Å². The first-order valence-corrected chi connectivity index (χ1v) is 8.46. The summed E-state index contributed by atoms with van der Waals surface area (Å²) in [6, 6.07) is 7.25. The maximum atomic E-state index is 12.7. The normalized spacial score (nSPS) is 13.0. The number of furan rings is 1. The van der Waals surface area contributed by atoms with Crippen LogP contribution in [-0.4, -0.2) is 29.8 Å². The number of benzene rings is 1. The molecule has 0 saturated heterocycles. The molecule has 0 bridgehead atoms. The van der Waals surface area contributed by atoms with Gasteiger partial charge in [0, 0.05) is 10.9 Å². The lowest BCUT2D eigenvalue weighted by atomic mass is 10.0. The van der Waals surface area contributed by atoms with Gasteiger partial charge in [-0.05, 0) is 32.3 Å². The van der Waals surface area contributed by atoms with Crippen molar-refractivity contribution in [3.05, 3.63) is 35.6 Å². The van der Waals surface area contributed by atoms with Crippen LogP contribution >= 0.6 is 0 Å². The van der Waals surface area contributed by atoms with E-state index in [0.29, 0.717) is 24.5 Å². The van der Waals surface area contributed by atoms with E-state index >= 15 is 0 Å². The molecule has 0 spiro atoms. The number of amides is 1. The first-order valence-electron chi connectivity index (χ1n) is 8.46. The van der Waals surface area contributed by atoms with E-state index in [2.05, 4.69) is 19.2 Å². The zero-order chi connectivity index (χ0) is 17.7. The highest BCUT2D eigenvalue weighted by atomic mass is 16.5. The van der Waals surface area contributed by atoms with Gasteiger partial charge < -0.3 is 19.6 Å². The van der Waals surface area contributed by atoms with Crippen LogP contribution in [0.25, 0.3) is 11.0 Å². The Morgan fingerprint density at radius 2 is 1.96 bits per heavy atom. The van der Waals surface area contributed by atoms with Gasteiger partial charge in [0.2, 0.25) is 0 Å². The number of aliphatic hydroxyl groups is 1. The van der Waals surface area contributed by atoms with Gasteiger partial charge in [0.15, 0.2) is 5.76 Å². The van der Waals surface area contributed by atoms with Crippen molar-refractivity contribution in [2.75, 3.05) is 6.61 Å². The molecule has 2 aromatic rings. The van der Waals surface area contributed by atoms with Crippen molar-refractivity contribution < 1.29 is 19.1 Å². The fourth-order valence-electron chi connectivity index (χ4n) is 2.67. The lowest BCUT2D eigenvalue weighted by Crippen LogP contribution is -2.38. The Hall–Kier alpha value is -1.85. The summed E-state index contributed by atoms with van der Waals surface area (Å²) < 4.78 is 11.5. The van der Waals surface area contributed by atoms with Crippen LogP contribution in [-0.2, 0) is 11.3 Å². The van der Waals surface area contributed by atoms with E-state index in [-0.39, 0.29) is 30.4 Å². The molecule has 2 N–H and O–H groups in total. The number of aliphatic hydroxyl groups excluding tert-OH is 1. The van der Waals surface area contributed by atoms with E-state index < -0.39 is 0 Å². The van der Waals surface area contributed by atoms with Crippen LogP contribution in [0.5, 0.6) is 0 Å². The van der Waals surface area contributed by atoms with Gasteiger partial charge in [0.1, 0.15) is 5.58 Å². The summed E-state index contributed by atoms with van der Waals surface area (Å²) in [5, 5.41) is 13.2. The molecule has 0 aliphatic heterocycles. The summed E-state index contributed by atoms with van der Waals surface area (Å²) in [5.74, 6) is 0.328. The number of hydrogen-bond acceptors (Lipinski definition) is 4. The van der Waals surface area contributed by atoms with Crippen molar-refractivity contribution in [1.82, 2.24) is 5.32 Å². The molecule has 1 unspecified atom stereocenters. The van der Waals surface area contributed by atoms with Crippen molar-refractivity contribution in [3.63, 3.8) is 0 Å². The molecule has 0 aliphatic carbocycles. The molecule has 1 amide bonds. The highest BCUT2D eigenvalue weighted by Crippen LogP contribution is 2.27. The maximum Gasteiger partial charge on any atom is 0.287 e. The second-order valence-electron chi connectivity index (χ2n) is 6.75. The van der Waals surface area contributed by atoms with E-state index in [0.717, 1.165) is 10.9 Å². The van der Waals surface area contributed by atoms with E-state index in [9.17, 15) is 9.90 Å². The van der Waals surface area contributed by atoms with Crippen LogP contribution in [0.4, 0.5) is 0 Å². The summed E-state index contributed by atoms with van der Waals surface area (Å²) in [5.41, 5.74) is 1.41. The monoisotopic (exact) mass is 333 g/mol. The van der Waals surface area contributed by atoms with Gasteiger partial charge in [-0.2, -0.15) is 0 Å². The average Bonchev–Trinajstić information content (AvgIpc) is 2.90. The molecule has 1 aromatic heterocycles. The highest BCUT2D eigenvalue weighted by molar-refractivity contribution is 5.99. The largest absolute Gasteiger partial charge is 0.451 e. The van der Waals surface area contributed by atoms with Crippen molar-refractivity contribution in [2.45, 2.75) is 52.9 Å². The Kier molecular flexibility index (Phi) is 6.40. The fraction of sp³-hybridized carbons (Fsp3) is 0.526. The molecule has 0 aliphatic rings. The van der Waals surface area contributed by atoms with Gasteiger partial charge in [-0.25, -0.2) is 0 Å². The number of nitrogens with one attached hydrogen (secondary N) is 1. The molecular weight excluding hydrogens is 306 g/mol. The van der Waals surface area contributed by atoms with E-state index in [4.69, 9.17) is 9.15 Å². The van der Waals surface area contributed by atoms with E-state index in [1.165, 1.54) is 0 Å². The number of carbonyl (C=O) groups is 1. The summed E-state index contributed by atoms with van der Waals surface area (Å²) >= 11 is 0. The zero-order valence-corrected chi connectivity index (χ0v) is 14.8. The van der Waals surface area contributed by atoms with E-state index in [1.807, 2.05) is 38.1 Å². The van der Waals surface area contributed by atoms with Gasteiger partial charge in [-0.1, -0.05) is 32.0 Å². The molecule has 1 heterocycles. The van der Waals surface area contributed by atoms with Crippen molar-refractivity contribution in [1.29, 1.82) is 0 Å². The van der Waals surface area contributed by atoms with Crippen molar-refractivity contribution in [3.8, 4) is 0 Å². The third kappa shape index (κ3) is 4.58.